The number of hydrogen-bond acceptors (Lipinski definition) is 6. The van der Waals surface area contributed by atoms with Crippen molar-refractivity contribution in [2.75, 3.05) is 17.2 Å². The van der Waals surface area contributed by atoms with Crippen LogP contribution in [0.1, 0.15) is 30.8 Å². The van der Waals surface area contributed by atoms with E-state index in [-0.39, 0.29) is 12.5 Å². The van der Waals surface area contributed by atoms with Crippen molar-refractivity contribution in [2.45, 2.75) is 25.8 Å². The Morgan fingerprint density at radius 3 is 2.87 bits per heavy atom. The van der Waals surface area contributed by atoms with Crippen molar-refractivity contribution in [1.29, 1.82) is 0 Å². The van der Waals surface area contributed by atoms with E-state index in [2.05, 4.69) is 25.7 Å². The van der Waals surface area contributed by atoms with Gasteiger partial charge in [-0.15, -0.1) is 0 Å². The van der Waals surface area contributed by atoms with Gasteiger partial charge in [-0.3, -0.25) is 9.78 Å². The Morgan fingerprint density at radius 1 is 1.32 bits per heavy atom. The first-order valence-corrected chi connectivity index (χ1v) is 10.4. The number of fused-ring (bicyclic) bond motifs is 1. The Balaban J connectivity index is 1.79. The van der Waals surface area contributed by atoms with Gasteiger partial charge in [0.2, 0.25) is 5.95 Å². The number of nitrogens with one attached hydrogen (secondary N) is 2. The summed E-state index contributed by atoms with van der Waals surface area (Å²) in [7, 11) is 0. The SMILES string of the molecule is CC1=C(C(=O)Nc2cccnc2)C(c2ccc(Cl)cc2Cl)n2nc(CCCO)nc2N1. The number of rotatable bonds is 6. The van der Waals surface area contributed by atoms with E-state index in [4.69, 9.17) is 28.3 Å². The van der Waals surface area contributed by atoms with Crippen LogP contribution in [-0.2, 0) is 11.2 Å². The predicted octanol–water partition coefficient (Wildman–Crippen LogP) is 3.83. The second-order valence-corrected chi connectivity index (χ2v) is 7.89. The molecule has 3 aromatic rings. The number of benzene rings is 1. The van der Waals surface area contributed by atoms with Crippen LogP contribution < -0.4 is 10.6 Å². The molecule has 1 atom stereocenters. The molecule has 10 heteroatoms. The molecule has 1 aliphatic heterocycles. The maximum Gasteiger partial charge on any atom is 0.255 e. The van der Waals surface area contributed by atoms with Crippen LogP contribution in [0.5, 0.6) is 0 Å². The van der Waals surface area contributed by atoms with E-state index in [0.29, 0.717) is 57.2 Å². The van der Waals surface area contributed by atoms with Crippen molar-refractivity contribution >= 4 is 40.7 Å². The average Bonchev–Trinajstić information content (AvgIpc) is 3.14. The van der Waals surface area contributed by atoms with Crippen LogP contribution >= 0.6 is 23.2 Å². The molecule has 0 radical (unpaired) electrons. The second-order valence-electron chi connectivity index (χ2n) is 7.05. The number of aryl methyl sites for hydroxylation is 1. The molecule has 1 aromatic carbocycles. The third kappa shape index (κ3) is 4.41. The van der Waals surface area contributed by atoms with Crippen molar-refractivity contribution in [2.24, 2.45) is 0 Å². The molecule has 3 N–H and O–H groups in total. The lowest BCUT2D eigenvalue weighted by Crippen LogP contribution is -2.31. The van der Waals surface area contributed by atoms with Gasteiger partial charge in [0.05, 0.1) is 17.5 Å². The van der Waals surface area contributed by atoms with Gasteiger partial charge in [-0.2, -0.15) is 10.1 Å². The number of pyridine rings is 1. The number of nitrogens with zero attached hydrogens (tertiary/aromatic N) is 4. The van der Waals surface area contributed by atoms with Gasteiger partial charge in [0.25, 0.3) is 5.91 Å². The quantitative estimate of drug-likeness (QED) is 0.518. The number of carbonyl (C=O) groups excluding carboxylic acids is 1. The fourth-order valence-corrected chi connectivity index (χ4v) is 3.99. The summed E-state index contributed by atoms with van der Waals surface area (Å²) in [5.41, 5.74) is 2.31. The fraction of sp³-hybridized carbons (Fsp3) is 0.238. The van der Waals surface area contributed by atoms with Crippen LogP contribution in [0.2, 0.25) is 10.0 Å². The lowest BCUT2D eigenvalue weighted by Gasteiger charge is -2.29. The van der Waals surface area contributed by atoms with E-state index < -0.39 is 6.04 Å². The van der Waals surface area contributed by atoms with Gasteiger partial charge < -0.3 is 15.7 Å². The lowest BCUT2D eigenvalue weighted by atomic mass is 9.95. The monoisotopic (exact) mass is 458 g/mol. The number of aromatic nitrogens is 4. The molecule has 31 heavy (non-hydrogen) atoms. The molecule has 0 bridgehead atoms. The van der Waals surface area contributed by atoms with Crippen LogP contribution in [-0.4, -0.2) is 37.4 Å². The summed E-state index contributed by atoms with van der Waals surface area (Å²) in [6.07, 6.45) is 4.25. The van der Waals surface area contributed by atoms with Gasteiger partial charge in [0, 0.05) is 40.5 Å². The highest BCUT2D eigenvalue weighted by molar-refractivity contribution is 6.35. The summed E-state index contributed by atoms with van der Waals surface area (Å²) >= 11 is 12.6. The van der Waals surface area contributed by atoms with Crippen LogP contribution in [0.25, 0.3) is 0 Å². The van der Waals surface area contributed by atoms with Crippen molar-refractivity contribution in [3.63, 3.8) is 0 Å². The zero-order chi connectivity index (χ0) is 22.0. The van der Waals surface area contributed by atoms with Crippen molar-refractivity contribution in [3.8, 4) is 0 Å². The minimum atomic E-state index is -0.618. The summed E-state index contributed by atoms with van der Waals surface area (Å²) in [6.45, 7) is 1.85. The predicted molar refractivity (Wildman–Crippen MR) is 119 cm³/mol. The third-order valence-electron chi connectivity index (χ3n) is 4.88. The van der Waals surface area contributed by atoms with Gasteiger partial charge in [-0.1, -0.05) is 29.3 Å². The average molecular weight is 459 g/mol. The van der Waals surface area contributed by atoms with Gasteiger partial charge in [0.15, 0.2) is 5.82 Å². The van der Waals surface area contributed by atoms with Crippen LogP contribution in [0, 0.1) is 0 Å². The number of anilines is 2. The number of carbonyl (C=O) groups is 1. The molecule has 8 nitrogen and oxygen atoms in total. The zero-order valence-electron chi connectivity index (χ0n) is 16.6. The lowest BCUT2D eigenvalue weighted by molar-refractivity contribution is -0.113. The molecule has 2 aromatic heterocycles. The minimum Gasteiger partial charge on any atom is -0.396 e. The molecule has 0 fully saturated rings. The number of aliphatic hydroxyl groups is 1. The Morgan fingerprint density at radius 2 is 2.16 bits per heavy atom. The molecule has 0 saturated carbocycles. The number of aliphatic hydroxyl groups excluding tert-OH is 1. The molecular formula is C21H20Cl2N6O2. The van der Waals surface area contributed by atoms with Crippen molar-refractivity contribution in [1.82, 2.24) is 19.7 Å². The molecule has 0 spiro atoms. The summed E-state index contributed by atoms with van der Waals surface area (Å²) in [4.78, 5) is 21.9. The minimum absolute atomic E-state index is 0.0415. The van der Waals surface area contributed by atoms with Crippen LogP contribution in [0.4, 0.5) is 11.6 Å². The Kier molecular flexibility index (Phi) is 6.22. The van der Waals surface area contributed by atoms with Crippen LogP contribution in [0.15, 0.2) is 54.0 Å². The van der Waals surface area contributed by atoms with E-state index in [1.807, 2.05) is 0 Å². The number of hydrogen-bond donors (Lipinski definition) is 3. The normalized spacial score (nSPS) is 15.4. The Bertz CT molecular complexity index is 1150. The molecule has 0 aliphatic carbocycles. The molecular weight excluding hydrogens is 439 g/mol. The van der Waals surface area contributed by atoms with Gasteiger partial charge in [-0.25, -0.2) is 4.68 Å². The maximum absolute atomic E-state index is 13.3. The highest BCUT2D eigenvalue weighted by Gasteiger charge is 2.35. The Labute approximate surface area is 188 Å². The highest BCUT2D eigenvalue weighted by atomic mass is 35.5. The first-order valence-electron chi connectivity index (χ1n) is 9.68. The molecule has 3 heterocycles. The molecule has 1 amide bonds. The van der Waals surface area contributed by atoms with E-state index in [1.54, 1.807) is 54.3 Å². The fourth-order valence-electron chi connectivity index (χ4n) is 3.48. The van der Waals surface area contributed by atoms with Crippen molar-refractivity contribution in [3.05, 3.63) is 75.4 Å². The number of amides is 1. The maximum atomic E-state index is 13.3. The molecule has 1 unspecified atom stereocenters. The zero-order valence-corrected chi connectivity index (χ0v) is 18.2. The van der Waals surface area contributed by atoms with Gasteiger partial charge in [-0.05, 0) is 37.6 Å². The van der Waals surface area contributed by atoms with E-state index >= 15 is 0 Å². The molecule has 0 saturated heterocycles. The molecule has 4 rings (SSSR count). The summed E-state index contributed by atoms with van der Waals surface area (Å²) < 4.78 is 1.65. The molecule has 160 valence electrons. The van der Waals surface area contributed by atoms with Gasteiger partial charge in [0.1, 0.15) is 6.04 Å². The topological polar surface area (TPSA) is 105 Å². The number of allylic oxidation sites excluding steroid dienone is 1. The first kappa shape index (κ1) is 21.3. The molecule has 1 aliphatic rings. The summed E-state index contributed by atoms with van der Waals surface area (Å²) in [5, 5.41) is 20.7. The standard InChI is InChI=1S/C21H20Cl2N6O2/c1-12-18(20(31)26-14-4-2-8-24-11-14)19(15-7-6-13(22)10-16(15)23)29-21(25-12)27-17(28-29)5-3-9-30/h2,4,6-8,10-11,19,30H,3,5,9H2,1H3,(H,26,31)(H,25,27,28). The van der Waals surface area contributed by atoms with Gasteiger partial charge >= 0.3 is 0 Å². The summed E-state index contributed by atoms with van der Waals surface area (Å²) in [6, 6.07) is 8.02. The largest absolute Gasteiger partial charge is 0.396 e. The van der Waals surface area contributed by atoms with Crippen molar-refractivity contribution < 1.29 is 9.90 Å². The van der Waals surface area contributed by atoms with E-state index in [0.717, 1.165) is 0 Å². The summed E-state index contributed by atoms with van der Waals surface area (Å²) in [5.74, 6) is 0.750. The first-order chi connectivity index (χ1) is 15.0. The Hall–Kier alpha value is -2.94. The second kappa shape index (κ2) is 9.05. The van der Waals surface area contributed by atoms with E-state index in [1.165, 1.54) is 0 Å². The third-order valence-corrected chi connectivity index (χ3v) is 5.44. The van der Waals surface area contributed by atoms with E-state index in [9.17, 15) is 4.79 Å². The highest BCUT2D eigenvalue weighted by Crippen LogP contribution is 2.39. The number of halogens is 2. The van der Waals surface area contributed by atoms with Crippen LogP contribution in [0.3, 0.4) is 0 Å². The smallest absolute Gasteiger partial charge is 0.255 e.